The number of anilines is 1. The summed E-state index contributed by atoms with van der Waals surface area (Å²) in [4.78, 5) is 24.3. The van der Waals surface area contributed by atoms with E-state index in [0.29, 0.717) is 19.4 Å². The number of benzene rings is 2. The molecule has 0 heterocycles. The monoisotopic (exact) mass is 341 g/mol. The predicted molar refractivity (Wildman–Crippen MR) is 98.4 cm³/mol. The van der Waals surface area contributed by atoms with Gasteiger partial charge in [0.1, 0.15) is 0 Å². The Kier molecular flexibility index (Phi) is 6.51. The van der Waals surface area contributed by atoms with Crippen molar-refractivity contribution < 1.29 is 9.72 Å². The van der Waals surface area contributed by atoms with Gasteiger partial charge in [0.2, 0.25) is 5.91 Å². The van der Waals surface area contributed by atoms with Crippen molar-refractivity contribution in [1.82, 2.24) is 4.90 Å². The van der Waals surface area contributed by atoms with Crippen LogP contribution in [-0.2, 0) is 4.79 Å². The van der Waals surface area contributed by atoms with Gasteiger partial charge in [-0.15, -0.1) is 0 Å². The van der Waals surface area contributed by atoms with Gasteiger partial charge in [-0.05, 0) is 31.0 Å². The van der Waals surface area contributed by atoms with E-state index in [4.69, 9.17) is 0 Å². The summed E-state index contributed by atoms with van der Waals surface area (Å²) >= 11 is 0. The molecule has 25 heavy (non-hydrogen) atoms. The fraction of sp³-hybridized carbons (Fsp3) is 0.316. The summed E-state index contributed by atoms with van der Waals surface area (Å²) in [5.74, 6) is 0.0989. The lowest BCUT2D eigenvalue weighted by atomic mass is 10.1. The normalized spacial score (nSPS) is 11.6. The first-order valence-electron chi connectivity index (χ1n) is 8.28. The molecule has 1 N–H and O–H groups in total. The first-order valence-corrected chi connectivity index (χ1v) is 8.28. The van der Waals surface area contributed by atoms with Gasteiger partial charge in [0, 0.05) is 37.8 Å². The summed E-state index contributed by atoms with van der Waals surface area (Å²) in [5.41, 5.74) is 1.99. The van der Waals surface area contributed by atoms with Crippen LogP contribution in [0.3, 0.4) is 0 Å². The van der Waals surface area contributed by atoms with E-state index in [1.165, 1.54) is 12.1 Å². The summed E-state index contributed by atoms with van der Waals surface area (Å²) in [5, 5.41) is 13.8. The van der Waals surface area contributed by atoms with Crippen LogP contribution < -0.4 is 5.32 Å². The number of nitrogens with zero attached hydrogens (tertiary/aromatic N) is 2. The van der Waals surface area contributed by atoms with Crippen molar-refractivity contribution in [2.45, 2.75) is 25.8 Å². The number of carbonyl (C=O) groups excluding carboxylic acids is 1. The van der Waals surface area contributed by atoms with Crippen LogP contribution in [0.4, 0.5) is 11.4 Å². The van der Waals surface area contributed by atoms with E-state index in [1.807, 2.05) is 44.3 Å². The Morgan fingerprint density at radius 2 is 1.80 bits per heavy atom. The largest absolute Gasteiger partial charge is 0.385 e. The molecule has 132 valence electrons. The van der Waals surface area contributed by atoms with Crippen molar-refractivity contribution in [2.24, 2.45) is 0 Å². The lowest BCUT2D eigenvalue weighted by molar-refractivity contribution is -0.384. The third kappa shape index (κ3) is 5.31. The Hall–Kier alpha value is -2.89. The Balaban J connectivity index is 1.75. The molecule has 6 heteroatoms. The average molecular weight is 341 g/mol. The van der Waals surface area contributed by atoms with Crippen molar-refractivity contribution >= 4 is 17.3 Å². The van der Waals surface area contributed by atoms with E-state index in [-0.39, 0.29) is 17.6 Å². The maximum Gasteiger partial charge on any atom is 0.269 e. The Labute approximate surface area is 147 Å². The Morgan fingerprint density at radius 1 is 1.16 bits per heavy atom. The van der Waals surface area contributed by atoms with Gasteiger partial charge in [0.15, 0.2) is 0 Å². The fourth-order valence-electron chi connectivity index (χ4n) is 2.52. The van der Waals surface area contributed by atoms with Crippen molar-refractivity contribution in [3.05, 3.63) is 70.3 Å². The summed E-state index contributed by atoms with van der Waals surface area (Å²) in [7, 11) is 1.82. The maximum absolute atomic E-state index is 12.3. The quantitative estimate of drug-likeness (QED) is 0.447. The van der Waals surface area contributed by atoms with Crippen LogP contribution in [0.25, 0.3) is 0 Å². The van der Waals surface area contributed by atoms with Crippen molar-refractivity contribution in [3.8, 4) is 0 Å². The van der Waals surface area contributed by atoms with Crippen LogP contribution in [0, 0.1) is 10.1 Å². The molecule has 0 aromatic heterocycles. The van der Waals surface area contributed by atoms with Gasteiger partial charge in [-0.2, -0.15) is 0 Å². The van der Waals surface area contributed by atoms with Gasteiger partial charge in [-0.25, -0.2) is 0 Å². The molecule has 0 bridgehead atoms. The van der Waals surface area contributed by atoms with Gasteiger partial charge in [-0.3, -0.25) is 14.9 Å². The van der Waals surface area contributed by atoms with E-state index >= 15 is 0 Å². The fourth-order valence-corrected chi connectivity index (χ4v) is 2.52. The van der Waals surface area contributed by atoms with Gasteiger partial charge in [0.05, 0.1) is 11.0 Å². The summed E-state index contributed by atoms with van der Waals surface area (Å²) in [6.45, 7) is 2.65. The van der Waals surface area contributed by atoms with E-state index in [1.54, 1.807) is 17.0 Å². The number of non-ortho nitro benzene ring substituents is 1. The standard InChI is InChI=1S/C19H23N3O3/c1-15(16-7-4-3-5-8-16)21(2)19(23)9-6-14-20-17-10-12-18(13-11-17)22(24)25/h3-5,7-8,10-13,15,20H,6,9,14H2,1-2H3. The van der Waals surface area contributed by atoms with Crippen molar-refractivity contribution in [3.63, 3.8) is 0 Å². The summed E-state index contributed by atoms with van der Waals surface area (Å²) in [6.07, 6.45) is 1.15. The highest BCUT2D eigenvalue weighted by atomic mass is 16.6. The minimum absolute atomic E-state index is 0.0383. The molecule has 1 amide bonds. The third-order valence-electron chi connectivity index (χ3n) is 4.23. The Morgan fingerprint density at radius 3 is 2.40 bits per heavy atom. The van der Waals surface area contributed by atoms with E-state index in [0.717, 1.165) is 11.3 Å². The third-order valence-corrected chi connectivity index (χ3v) is 4.23. The summed E-state index contributed by atoms with van der Waals surface area (Å²) in [6, 6.07) is 16.2. The number of nitrogens with one attached hydrogen (secondary N) is 1. The second-order valence-electron chi connectivity index (χ2n) is 5.93. The van der Waals surface area contributed by atoms with Crippen LogP contribution in [0.5, 0.6) is 0 Å². The Bertz CT molecular complexity index is 702. The molecule has 0 aliphatic rings. The molecule has 0 aliphatic heterocycles. The smallest absolute Gasteiger partial charge is 0.269 e. The average Bonchev–Trinajstić information content (AvgIpc) is 2.65. The lowest BCUT2D eigenvalue weighted by Gasteiger charge is -2.25. The zero-order valence-electron chi connectivity index (χ0n) is 14.5. The zero-order chi connectivity index (χ0) is 18.2. The van der Waals surface area contributed by atoms with Gasteiger partial charge < -0.3 is 10.2 Å². The molecule has 1 unspecified atom stereocenters. The maximum atomic E-state index is 12.3. The molecule has 2 aromatic carbocycles. The van der Waals surface area contributed by atoms with E-state index < -0.39 is 4.92 Å². The molecule has 1 atom stereocenters. The van der Waals surface area contributed by atoms with Gasteiger partial charge in [0.25, 0.3) is 5.69 Å². The minimum Gasteiger partial charge on any atom is -0.385 e. The van der Waals surface area contributed by atoms with E-state index in [2.05, 4.69) is 5.32 Å². The highest BCUT2D eigenvalue weighted by Crippen LogP contribution is 2.19. The SMILES string of the molecule is CC(c1ccccc1)N(C)C(=O)CCCNc1ccc([N+](=O)[O-])cc1. The number of carbonyl (C=O) groups is 1. The molecule has 0 spiro atoms. The van der Waals surface area contributed by atoms with Crippen molar-refractivity contribution in [1.29, 1.82) is 0 Å². The lowest BCUT2D eigenvalue weighted by Crippen LogP contribution is -2.29. The summed E-state index contributed by atoms with van der Waals surface area (Å²) < 4.78 is 0. The zero-order valence-corrected chi connectivity index (χ0v) is 14.5. The number of rotatable bonds is 8. The molecule has 6 nitrogen and oxygen atoms in total. The van der Waals surface area contributed by atoms with Crippen LogP contribution >= 0.6 is 0 Å². The molecule has 0 radical (unpaired) electrons. The highest BCUT2D eigenvalue weighted by Gasteiger charge is 2.16. The van der Waals surface area contributed by atoms with Crippen molar-refractivity contribution in [2.75, 3.05) is 18.9 Å². The minimum atomic E-state index is -0.424. The molecule has 2 aromatic rings. The molecule has 0 saturated carbocycles. The van der Waals surface area contributed by atoms with Crippen LogP contribution in [0.1, 0.15) is 31.4 Å². The van der Waals surface area contributed by atoms with Gasteiger partial charge in [-0.1, -0.05) is 30.3 Å². The number of nitro groups is 1. The first kappa shape index (κ1) is 18.4. The van der Waals surface area contributed by atoms with Gasteiger partial charge >= 0.3 is 0 Å². The molecule has 0 saturated heterocycles. The van der Waals surface area contributed by atoms with E-state index in [9.17, 15) is 14.9 Å². The molecule has 0 fully saturated rings. The molecule has 2 rings (SSSR count). The second kappa shape index (κ2) is 8.82. The topological polar surface area (TPSA) is 75.5 Å². The number of hydrogen-bond acceptors (Lipinski definition) is 4. The van der Waals surface area contributed by atoms with Crippen LogP contribution in [0.15, 0.2) is 54.6 Å². The predicted octanol–water partition coefficient (Wildman–Crippen LogP) is 4.01. The number of hydrogen-bond donors (Lipinski definition) is 1. The second-order valence-corrected chi connectivity index (χ2v) is 5.93. The number of nitro benzene ring substituents is 1. The number of amides is 1. The van der Waals surface area contributed by atoms with Crippen LogP contribution in [-0.4, -0.2) is 29.3 Å². The van der Waals surface area contributed by atoms with Crippen LogP contribution in [0.2, 0.25) is 0 Å². The molecular formula is C19H23N3O3. The highest BCUT2D eigenvalue weighted by molar-refractivity contribution is 5.76. The first-order chi connectivity index (χ1) is 12.0. The molecular weight excluding hydrogens is 318 g/mol. The molecule has 0 aliphatic carbocycles.